The average Bonchev–Trinajstić information content (AvgIpc) is 3.53. The number of epoxide rings is 2. The number of esters is 1. The van der Waals surface area contributed by atoms with E-state index < -0.39 is 27.3 Å². The van der Waals surface area contributed by atoms with E-state index in [1.54, 1.807) is 25.6 Å². The summed E-state index contributed by atoms with van der Waals surface area (Å²) in [6.07, 6.45) is 3.23. The molecule has 2 aliphatic rings. The largest absolute Gasteiger partial charge is 1.00 e. The van der Waals surface area contributed by atoms with Crippen LogP contribution in [0.1, 0.15) is 39.5 Å². The van der Waals surface area contributed by atoms with Gasteiger partial charge in [-0.2, -0.15) is 11.8 Å². The minimum absolute atomic E-state index is 0. The van der Waals surface area contributed by atoms with Gasteiger partial charge in [-0.05, 0) is 39.5 Å². The van der Waals surface area contributed by atoms with E-state index in [1.807, 2.05) is 0 Å². The maximum atomic E-state index is 12.3. The Labute approximate surface area is 225 Å². The van der Waals surface area contributed by atoms with Crippen LogP contribution in [0, 0.1) is 5.41 Å². The zero-order valence-electron chi connectivity index (χ0n) is 18.0. The second-order valence-corrected chi connectivity index (χ2v) is 10.8. The van der Waals surface area contributed by atoms with Gasteiger partial charge in [-0.25, -0.2) is 18.2 Å². The normalized spacial score (nSPS) is 21.6. The Morgan fingerprint density at radius 3 is 2.43 bits per heavy atom. The van der Waals surface area contributed by atoms with Crippen molar-refractivity contribution in [1.29, 1.82) is 0 Å². The molecule has 12 heteroatoms. The van der Waals surface area contributed by atoms with Crippen LogP contribution in [0.15, 0.2) is 0 Å². The van der Waals surface area contributed by atoms with Gasteiger partial charge in [0.1, 0.15) is 12.7 Å². The summed E-state index contributed by atoms with van der Waals surface area (Å²) < 4.78 is 47.3. The monoisotopic (exact) mass is 494 g/mol. The summed E-state index contributed by atoms with van der Waals surface area (Å²) in [7, 11) is -4.29. The molecule has 0 amide bonds. The maximum absolute atomic E-state index is 12.3. The third kappa shape index (κ3) is 14.4. The first-order chi connectivity index (χ1) is 13.7. The van der Waals surface area contributed by atoms with Gasteiger partial charge in [0.2, 0.25) is 0 Å². The first kappa shape index (κ1) is 29.2. The molecule has 2 aliphatic heterocycles. The SMILES string of the molecule is CC(C)(CSC(CCOOCC1CO1)CCC1CO1)C(=O)OCCCS(=O)(=O)[O-].[K+]. The molecule has 9 nitrogen and oxygen atoms in total. The molecule has 0 N–H and O–H groups in total. The minimum atomic E-state index is -4.29. The van der Waals surface area contributed by atoms with Crippen molar-refractivity contribution in [2.75, 3.05) is 44.5 Å². The molecule has 0 radical (unpaired) electrons. The summed E-state index contributed by atoms with van der Waals surface area (Å²) >= 11 is 1.68. The Morgan fingerprint density at radius 2 is 1.83 bits per heavy atom. The third-order valence-electron chi connectivity index (χ3n) is 4.48. The first-order valence-electron chi connectivity index (χ1n) is 9.86. The van der Waals surface area contributed by atoms with E-state index in [2.05, 4.69) is 0 Å². The van der Waals surface area contributed by atoms with E-state index >= 15 is 0 Å². The Morgan fingerprint density at radius 1 is 1.17 bits per heavy atom. The Kier molecular flexibility index (Phi) is 14.1. The van der Waals surface area contributed by atoms with Crippen LogP contribution < -0.4 is 51.4 Å². The molecule has 0 saturated carbocycles. The van der Waals surface area contributed by atoms with Gasteiger partial charge in [0, 0.05) is 16.8 Å². The fourth-order valence-electron chi connectivity index (χ4n) is 2.43. The number of hydrogen-bond donors (Lipinski definition) is 0. The molecule has 0 spiro atoms. The fraction of sp³-hybridized carbons (Fsp3) is 0.944. The van der Waals surface area contributed by atoms with Gasteiger partial charge in [-0.1, -0.05) is 0 Å². The number of ether oxygens (including phenoxy) is 3. The second kappa shape index (κ2) is 14.5. The summed E-state index contributed by atoms with van der Waals surface area (Å²) in [5.74, 6) is -0.379. The summed E-state index contributed by atoms with van der Waals surface area (Å²) in [4.78, 5) is 22.6. The van der Waals surface area contributed by atoms with Crippen molar-refractivity contribution in [2.45, 2.75) is 57.0 Å². The van der Waals surface area contributed by atoms with Crippen molar-refractivity contribution in [1.82, 2.24) is 0 Å². The fourth-order valence-corrected chi connectivity index (χ4v) is 4.23. The van der Waals surface area contributed by atoms with Gasteiger partial charge in [-0.15, -0.1) is 0 Å². The number of thioether (sulfide) groups is 1. The second-order valence-electron chi connectivity index (χ2n) is 7.95. The summed E-state index contributed by atoms with van der Waals surface area (Å²) in [5, 5.41) is 0.289. The first-order valence-corrected chi connectivity index (χ1v) is 12.5. The molecule has 3 atom stereocenters. The van der Waals surface area contributed by atoms with Crippen LogP contribution in [0.4, 0.5) is 0 Å². The maximum Gasteiger partial charge on any atom is 1.00 e. The van der Waals surface area contributed by atoms with E-state index in [1.165, 1.54) is 0 Å². The number of hydrogen-bond acceptors (Lipinski definition) is 10. The Hall–Kier alpha value is 1.21. The van der Waals surface area contributed by atoms with Gasteiger partial charge in [0.05, 0.1) is 48.1 Å². The third-order valence-corrected chi connectivity index (χ3v) is 7.10. The molecular formula is C18H31KO9S2. The van der Waals surface area contributed by atoms with E-state index in [0.717, 1.165) is 32.5 Å². The smallest absolute Gasteiger partial charge is 0.748 e. The molecule has 2 rings (SSSR count). The molecule has 2 fully saturated rings. The number of carbonyl (C=O) groups is 1. The van der Waals surface area contributed by atoms with Gasteiger partial charge < -0.3 is 18.8 Å². The van der Waals surface area contributed by atoms with Crippen molar-refractivity contribution >= 4 is 27.8 Å². The zero-order valence-corrected chi connectivity index (χ0v) is 22.8. The minimum Gasteiger partial charge on any atom is -0.748 e. The van der Waals surface area contributed by atoms with Crippen molar-refractivity contribution in [2.24, 2.45) is 5.41 Å². The molecule has 0 bridgehead atoms. The van der Waals surface area contributed by atoms with Crippen molar-refractivity contribution in [3.05, 3.63) is 0 Å². The summed E-state index contributed by atoms with van der Waals surface area (Å²) in [6, 6.07) is 0. The molecule has 0 aliphatic carbocycles. The molecule has 2 heterocycles. The van der Waals surface area contributed by atoms with Gasteiger partial charge in [0.15, 0.2) is 0 Å². The summed E-state index contributed by atoms with van der Waals surface area (Å²) in [6.45, 7) is 5.96. The molecule has 0 aromatic heterocycles. The predicted octanol–water partition coefficient (Wildman–Crippen LogP) is -1.49. The Bertz CT molecular complexity index is 607. The van der Waals surface area contributed by atoms with Crippen LogP contribution in [0.25, 0.3) is 0 Å². The van der Waals surface area contributed by atoms with Crippen LogP contribution in [0.3, 0.4) is 0 Å². The van der Waals surface area contributed by atoms with Crippen LogP contribution in [0.2, 0.25) is 0 Å². The molecule has 0 aromatic rings. The van der Waals surface area contributed by atoms with Gasteiger partial charge in [0.25, 0.3) is 0 Å². The van der Waals surface area contributed by atoms with Crippen LogP contribution in [0.5, 0.6) is 0 Å². The molecular weight excluding hydrogens is 463 g/mol. The molecule has 0 aromatic carbocycles. The Balaban J connectivity index is 0.00000450. The van der Waals surface area contributed by atoms with Crippen LogP contribution >= 0.6 is 11.8 Å². The van der Waals surface area contributed by atoms with E-state index in [0.29, 0.717) is 25.1 Å². The van der Waals surface area contributed by atoms with Gasteiger partial charge >= 0.3 is 57.4 Å². The topological polar surface area (TPSA) is 127 Å². The van der Waals surface area contributed by atoms with Crippen molar-refractivity contribution in [3.8, 4) is 0 Å². The van der Waals surface area contributed by atoms with Crippen LogP contribution in [-0.4, -0.2) is 80.9 Å². The number of carbonyl (C=O) groups excluding carboxylic acids is 1. The average molecular weight is 495 g/mol. The standard InChI is InChI=1S/C18H32O9S2.K/c1-18(2,17(19)23-7-3-9-29(20,21)22)13-28-16(5-4-14-10-24-14)6-8-26-27-12-15-11-25-15;/h14-16H,3-13H2,1-2H3,(H,20,21,22);/q;+1/p-1. The predicted molar refractivity (Wildman–Crippen MR) is 105 cm³/mol. The van der Waals surface area contributed by atoms with Crippen LogP contribution in [-0.2, 0) is 38.9 Å². The van der Waals surface area contributed by atoms with Crippen molar-refractivity contribution < 1.29 is 93.1 Å². The molecule has 3 unspecified atom stereocenters. The molecule has 2 saturated heterocycles. The molecule has 30 heavy (non-hydrogen) atoms. The van der Waals surface area contributed by atoms with Crippen molar-refractivity contribution in [3.63, 3.8) is 0 Å². The van der Waals surface area contributed by atoms with Gasteiger partial charge in [-0.3, -0.25) is 4.79 Å². The quantitative estimate of drug-likeness (QED) is 0.0449. The number of rotatable bonds is 17. The van der Waals surface area contributed by atoms with E-state index in [4.69, 9.17) is 24.0 Å². The molecule has 170 valence electrons. The zero-order chi connectivity index (χ0) is 21.3. The van der Waals surface area contributed by atoms with E-state index in [9.17, 15) is 17.8 Å². The van der Waals surface area contributed by atoms with E-state index in [-0.39, 0.29) is 75.8 Å². The summed E-state index contributed by atoms with van der Waals surface area (Å²) in [5.41, 5.74) is -0.726.